The summed E-state index contributed by atoms with van der Waals surface area (Å²) in [7, 11) is 0. The van der Waals surface area contributed by atoms with Crippen LogP contribution in [0.5, 0.6) is 0 Å². The smallest absolute Gasteiger partial charge is 0.427 e. The molecule has 2 heterocycles. The number of nitrogens with zero attached hydrogens (tertiary/aromatic N) is 3. The molecule has 3 atom stereocenters. The van der Waals surface area contributed by atoms with Crippen LogP contribution in [-0.2, 0) is 4.74 Å². The highest BCUT2D eigenvalue weighted by molar-refractivity contribution is 6.32. The zero-order chi connectivity index (χ0) is 17.6. The average Bonchev–Trinajstić information content (AvgIpc) is 3.06. The number of amidine groups is 1. The monoisotopic (exact) mass is 359 g/mol. The Balaban J connectivity index is 2.00. The van der Waals surface area contributed by atoms with Crippen LogP contribution in [0.3, 0.4) is 0 Å². The van der Waals surface area contributed by atoms with E-state index in [0.717, 1.165) is 0 Å². The van der Waals surface area contributed by atoms with Crippen molar-refractivity contribution in [3.05, 3.63) is 28.3 Å². The van der Waals surface area contributed by atoms with Crippen molar-refractivity contribution < 1.29 is 23.0 Å². The largest absolute Gasteiger partial charge is 0.450 e. The van der Waals surface area contributed by atoms with Gasteiger partial charge in [0.05, 0.1) is 22.4 Å². The number of alkyl halides is 3. The Morgan fingerprint density at radius 3 is 2.79 bits per heavy atom. The minimum atomic E-state index is -4.61. The van der Waals surface area contributed by atoms with E-state index < -0.39 is 24.4 Å². The van der Waals surface area contributed by atoms with Crippen molar-refractivity contribution in [1.82, 2.24) is 4.90 Å². The summed E-state index contributed by atoms with van der Waals surface area (Å²) in [6.45, 7) is 1.84. The minimum absolute atomic E-state index is 0.192. The van der Waals surface area contributed by atoms with E-state index in [1.807, 2.05) is 6.07 Å². The van der Waals surface area contributed by atoms with Gasteiger partial charge in [0.1, 0.15) is 12.1 Å². The number of halogens is 4. The second kappa shape index (κ2) is 5.83. The zero-order valence-corrected chi connectivity index (χ0v) is 13.3. The lowest BCUT2D eigenvalue weighted by atomic mass is 10.1. The number of fused-ring (bicyclic) bond motifs is 1. The van der Waals surface area contributed by atoms with Gasteiger partial charge in [-0.25, -0.2) is 0 Å². The second-order valence-electron chi connectivity index (χ2n) is 5.70. The van der Waals surface area contributed by atoms with E-state index in [9.17, 15) is 18.3 Å². The molecule has 0 bridgehead atoms. The van der Waals surface area contributed by atoms with Gasteiger partial charge in [0.15, 0.2) is 0 Å². The van der Waals surface area contributed by atoms with E-state index >= 15 is 0 Å². The second-order valence-corrected chi connectivity index (χ2v) is 6.08. The van der Waals surface area contributed by atoms with Crippen LogP contribution in [0.1, 0.15) is 17.5 Å². The maximum absolute atomic E-state index is 13.2. The van der Waals surface area contributed by atoms with Crippen molar-refractivity contribution in [2.75, 3.05) is 6.54 Å². The molecular formula is C15H13ClF3N3O2. The molecule has 24 heavy (non-hydrogen) atoms. The van der Waals surface area contributed by atoms with Crippen molar-refractivity contribution in [3.8, 4) is 6.07 Å². The van der Waals surface area contributed by atoms with Gasteiger partial charge >= 0.3 is 6.18 Å². The summed E-state index contributed by atoms with van der Waals surface area (Å²) in [6, 6.07) is 3.48. The number of aliphatic hydroxyl groups is 1. The van der Waals surface area contributed by atoms with E-state index in [2.05, 4.69) is 4.99 Å². The van der Waals surface area contributed by atoms with Gasteiger partial charge in [-0.1, -0.05) is 11.6 Å². The topological polar surface area (TPSA) is 68.8 Å². The van der Waals surface area contributed by atoms with E-state index in [4.69, 9.17) is 21.6 Å². The summed E-state index contributed by atoms with van der Waals surface area (Å²) in [5, 5.41) is 19.0. The normalized spacial score (nSPS) is 28.0. The van der Waals surface area contributed by atoms with Gasteiger partial charge in [-0.3, -0.25) is 0 Å². The third kappa shape index (κ3) is 2.68. The average molecular weight is 360 g/mol. The molecule has 2 aliphatic heterocycles. The van der Waals surface area contributed by atoms with Crippen LogP contribution < -0.4 is 0 Å². The lowest BCUT2D eigenvalue weighted by Crippen LogP contribution is -2.45. The van der Waals surface area contributed by atoms with Gasteiger partial charge in [0, 0.05) is 6.54 Å². The molecule has 0 saturated carbocycles. The molecule has 9 heteroatoms. The molecule has 1 aromatic rings. The number of hydrogen-bond donors (Lipinski definition) is 1. The highest BCUT2D eigenvalue weighted by Gasteiger charge is 2.59. The van der Waals surface area contributed by atoms with Crippen molar-refractivity contribution in [2.24, 2.45) is 4.99 Å². The Morgan fingerprint density at radius 2 is 2.17 bits per heavy atom. The van der Waals surface area contributed by atoms with Crippen LogP contribution in [0.4, 0.5) is 18.9 Å². The molecule has 0 amide bonds. The lowest BCUT2D eigenvalue weighted by molar-refractivity contribution is -0.203. The van der Waals surface area contributed by atoms with E-state index in [1.165, 1.54) is 17.0 Å². The molecule has 0 spiro atoms. The minimum Gasteiger partial charge on any atom is -0.450 e. The number of nitriles is 1. The van der Waals surface area contributed by atoms with E-state index in [0.29, 0.717) is 11.3 Å². The molecule has 1 aromatic carbocycles. The van der Waals surface area contributed by atoms with Gasteiger partial charge in [-0.05, 0) is 31.0 Å². The summed E-state index contributed by atoms with van der Waals surface area (Å²) in [6.07, 6.45) is -7.65. The Labute approximate surface area is 140 Å². The number of hydrogen-bond acceptors (Lipinski definition) is 4. The number of benzene rings is 1. The number of ether oxygens (including phenoxy) is 1. The quantitative estimate of drug-likeness (QED) is 0.837. The standard InChI is InChI=1S/C15H13ClF3N3O2/c1-7-9(3-2-8(6-20)11(7)16)21-14-22-5-4-10(23)12(22)13(24-14)15(17,18)19/h2-3,10,12-13,23H,4-5H2,1H3/b21-14-/t10-,12-,13?/m0/s1. The first kappa shape index (κ1) is 16.9. The lowest BCUT2D eigenvalue weighted by Gasteiger charge is -2.21. The number of aliphatic hydroxyl groups excluding tert-OH is 1. The molecule has 1 unspecified atom stereocenters. The molecule has 3 rings (SSSR count). The fourth-order valence-corrected chi connectivity index (χ4v) is 3.18. The Morgan fingerprint density at radius 1 is 1.46 bits per heavy atom. The van der Waals surface area contributed by atoms with Crippen LogP contribution in [0.15, 0.2) is 17.1 Å². The van der Waals surface area contributed by atoms with Gasteiger partial charge in [-0.2, -0.15) is 23.4 Å². The molecule has 2 fully saturated rings. The number of aliphatic imine (C=N–C) groups is 1. The molecule has 5 nitrogen and oxygen atoms in total. The number of rotatable bonds is 1. The maximum Gasteiger partial charge on any atom is 0.427 e. The fourth-order valence-electron chi connectivity index (χ4n) is 2.97. The molecule has 0 aliphatic carbocycles. The van der Waals surface area contributed by atoms with Gasteiger partial charge in [0.2, 0.25) is 6.10 Å². The van der Waals surface area contributed by atoms with Gasteiger partial charge in [-0.15, -0.1) is 0 Å². The van der Waals surface area contributed by atoms with E-state index in [-0.39, 0.29) is 29.6 Å². The third-order valence-corrected chi connectivity index (χ3v) is 4.71. The van der Waals surface area contributed by atoms with Crippen molar-refractivity contribution in [2.45, 2.75) is 37.8 Å². The van der Waals surface area contributed by atoms with Crippen molar-refractivity contribution >= 4 is 23.3 Å². The maximum atomic E-state index is 13.2. The first-order chi connectivity index (χ1) is 11.2. The SMILES string of the molecule is Cc1c(/N=C2\OC(C(F)(F)F)[C@@H]3[C@@H](O)CCN23)ccc(C#N)c1Cl. The Hall–Kier alpha value is -1.98. The van der Waals surface area contributed by atoms with Crippen LogP contribution in [0, 0.1) is 18.3 Å². The molecule has 1 N–H and O–H groups in total. The molecular weight excluding hydrogens is 347 g/mol. The predicted molar refractivity (Wildman–Crippen MR) is 80.0 cm³/mol. The summed E-state index contributed by atoms with van der Waals surface area (Å²) in [4.78, 5) is 5.48. The van der Waals surface area contributed by atoms with Gasteiger partial charge in [0.25, 0.3) is 6.02 Å². The predicted octanol–water partition coefficient (Wildman–Crippen LogP) is 2.90. The highest BCUT2D eigenvalue weighted by atomic mass is 35.5. The summed E-state index contributed by atoms with van der Waals surface area (Å²) >= 11 is 6.05. The zero-order valence-electron chi connectivity index (χ0n) is 12.5. The van der Waals surface area contributed by atoms with Crippen LogP contribution in [0.2, 0.25) is 5.02 Å². The summed E-state index contributed by atoms with van der Waals surface area (Å²) in [5.41, 5.74) is 1.05. The van der Waals surface area contributed by atoms with Gasteiger partial charge < -0.3 is 14.7 Å². The first-order valence-corrected chi connectivity index (χ1v) is 7.58. The molecule has 0 aromatic heterocycles. The van der Waals surface area contributed by atoms with Crippen LogP contribution in [-0.4, -0.2) is 47.0 Å². The molecule has 2 saturated heterocycles. The third-order valence-electron chi connectivity index (χ3n) is 4.23. The van der Waals surface area contributed by atoms with E-state index in [1.54, 1.807) is 6.92 Å². The fraction of sp³-hybridized carbons (Fsp3) is 0.467. The summed E-state index contributed by atoms with van der Waals surface area (Å²) < 4.78 is 44.5. The Kier molecular flexibility index (Phi) is 4.10. The molecule has 0 radical (unpaired) electrons. The van der Waals surface area contributed by atoms with Crippen molar-refractivity contribution in [1.29, 1.82) is 5.26 Å². The van der Waals surface area contributed by atoms with Crippen LogP contribution >= 0.6 is 11.6 Å². The first-order valence-electron chi connectivity index (χ1n) is 7.20. The van der Waals surface area contributed by atoms with Crippen LogP contribution in [0.25, 0.3) is 0 Å². The highest BCUT2D eigenvalue weighted by Crippen LogP contribution is 2.39. The molecule has 2 aliphatic rings. The van der Waals surface area contributed by atoms with Crippen molar-refractivity contribution in [3.63, 3.8) is 0 Å². The Bertz CT molecular complexity index is 745. The molecule has 128 valence electrons. The summed E-state index contributed by atoms with van der Waals surface area (Å²) in [5.74, 6) is 0.